The molecule has 0 bridgehead atoms. The van der Waals surface area contributed by atoms with Crippen molar-refractivity contribution < 1.29 is 22.9 Å². The number of carbonyl (C=O) groups is 1. The Labute approximate surface area is 329 Å². The molecule has 0 radical (unpaired) electrons. The second-order valence-electron chi connectivity index (χ2n) is 15.7. The van der Waals surface area contributed by atoms with Gasteiger partial charge in [0.25, 0.3) is 10.1 Å². The van der Waals surface area contributed by atoms with Crippen LogP contribution >= 0.6 is 0 Å². The van der Waals surface area contributed by atoms with Gasteiger partial charge < -0.3 is 10.4 Å². The van der Waals surface area contributed by atoms with Crippen LogP contribution in [-0.4, -0.2) is 41.9 Å². The second kappa shape index (κ2) is 40.2. The molecule has 2 atom stereocenters. The third-order valence-corrected chi connectivity index (χ3v) is 11.1. The lowest BCUT2D eigenvalue weighted by Crippen LogP contribution is -2.46. The van der Waals surface area contributed by atoms with Crippen LogP contribution in [0, 0.1) is 0 Å². The molecule has 0 heterocycles. The Morgan fingerprint density at radius 1 is 0.491 bits per heavy atom. The third kappa shape index (κ3) is 41.6. The summed E-state index contributed by atoms with van der Waals surface area (Å²) in [6.45, 7) is 4.54. The van der Waals surface area contributed by atoms with E-state index in [2.05, 4.69) is 43.5 Å². The van der Waals surface area contributed by atoms with E-state index in [0.29, 0.717) is 6.42 Å². The van der Waals surface area contributed by atoms with Gasteiger partial charge in [-0.25, -0.2) is 0 Å². The van der Waals surface area contributed by atoms with Crippen LogP contribution in [0.3, 0.4) is 0 Å². The molecule has 6 nitrogen and oxygen atoms in total. The zero-order valence-electron chi connectivity index (χ0n) is 34.9. The zero-order chi connectivity index (χ0) is 38.9. The van der Waals surface area contributed by atoms with Gasteiger partial charge in [0.15, 0.2) is 0 Å². The molecule has 312 valence electrons. The molecule has 0 aromatic carbocycles. The average Bonchev–Trinajstić information content (AvgIpc) is 3.12. The molecule has 0 saturated heterocycles. The summed E-state index contributed by atoms with van der Waals surface area (Å²) in [6, 6.07) is -1.08. The Morgan fingerprint density at radius 2 is 0.811 bits per heavy atom. The Balaban J connectivity index is 3.92. The van der Waals surface area contributed by atoms with E-state index in [1.165, 1.54) is 173 Å². The molecule has 0 spiro atoms. The lowest BCUT2D eigenvalue weighted by Gasteiger charge is -2.21. The largest absolute Gasteiger partial charge is 0.387 e. The number of allylic oxidation sites excluding steroid dienone is 5. The fraction of sp³-hybridized carbons (Fsp3) is 0.848. The lowest BCUT2D eigenvalue weighted by atomic mass is 10.0. The first-order valence-electron chi connectivity index (χ1n) is 22.7. The van der Waals surface area contributed by atoms with Crippen molar-refractivity contribution in [1.29, 1.82) is 0 Å². The maximum atomic E-state index is 12.5. The van der Waals surface area contributed by atoms with Crippen molar-refractivity contribution in [3.8, 4) is 0 Å². The topological polar surface area (TPSA) is 104 Å². The first-order chi connectivity index (χ1) is 25.8. The molecule has 0 aliphatic heterocycles. The van der Waals surface area contributed by atoms with Gasteiger partial charge >= 0.3 is 0 Å². The molecule has 0 saturated carbocycles. The molecule has 53 heavy (non-hydrogen) atoms. The molecule has 3 N–H and O–H groups in total. The van der Waals surface area contributed by atoms with Gasteiger partial charge in [-0.15, -0.1) is 0 Å². The molecule has 0 rings (SSSR count). The van der Waals surface area contributed by atoms with Gasteiger partial charge in [-0.1, -0.05) is 217 Å². The SMILES string of the molecule is CCCCCCCCCCCC/C=C/CC/C=C/CC/C=C/C(O)C(CS(=O)(=O)O)NC(=O)CCCCCCCCCCCCCCCCCCCC. The van der Waals surface area contributed by atoms with Gasteiger partial charge in [0.05, 0.1) is 17.9 Å². The highest BCUT2D eigenvalue weighted by Crippen LogP contribution is 2.15. The Hall–Kier alpha value is -1.44. The zero-order valence-corrected chi connectivity index (χ0v) is 35.7. The first-order valence-corrected chi connectivity index (χ1v) is 24.3. The van der Waals surface area contributed by atoms with Crippen molar-refractivity contribution in [2.75, 3.05) is 5.75 Å². The standard InChI is InChI=1S/C46H87NO5S/c1-3-5-7-9-11-13-15-17-19-21-23-24-25-27-29-31-33-35-37-39-41-45(48)44(43-53(50,51)52)47-46(49)42-40-38-36-34-32-30-28-26-22-20-18-16-14-12-10-8-6-4-2/h24-25,31,33,39,41,44-45,48H,3-23,26-30,32,34-38,40,42-43H2,1-2H3,(H,47,49)(H,50,51,52)/b25-24+,33-31+,41-39+. The molecule has 0 aliphatic rings. The number of hydrogen-bond acceptors (Lipinski definition) is 4. The summed E-state index contributed by atoms with van der Waals surface area (Å²) in [7, 11) is -4.36. The number of hydrogen-bond donors (Lipinski definition) is 3. The number of rotatable bonds is 41. The van der Waals surface area contributed by atoms with Crippen LogP contribution in [0.2, 0.25) is 0 Å². The van der Waals surface area contributed by atoms with Crippen LogP contribution in [0.25, 0.3) is 0 Å². The van der Waals surface area contributed by atoms with E-state index >= 15 is 0 Å². The number of carbonyl (C=O) groups excluding carboxylic acids is 1. The highest BCUT2D eigenvalue weighted by molar-refractivity contribution is 7.85. The van der Waals surface area contributed by atoms with Crippen LogP contribution in [-0.2, 0) is 14.9 Å². The van der Waals surface area contributed by atoms with Crippen LogP contribution in [0.4, 0.5) is 0 Å². The van der Waals surface area contributed by atoms with Crippen LogP contribution in [0.1, 0.15) is 232 Å². The predicted octanol–water partition coefficient (Wildman–Crippen LogP) is 13.7. The number of aliphatic hydroxyl groups is 1. The lowest BCUT2D eigenvalue weighted by molar-refractivity contribution is -0.122. The molecule has 0 aromatic heterocycles. The summed E-state index contributed by atoms with van der Waals surface area (Å²) in [5.41, 5.74) is 0. The van der Waals surface area contributed by atoms with E-state index < -0.39 is 28.0 Å². The van der Waals surface area contributed by atoms with Crippen molar-refractivity contribution in [2.24, 2.45) is 0 Å². The molecular weight excluding hydrogens is 679 g/mol. The minimum Gasteiger partial charge on any atom is -0.387 e. The summed E-state index contributed by atoms with van der Waals surface area (Å²) in [5, 5.41) is 13.2. The summed E-state index contributed by atoms with van der Waals surface area (Å²) in [6.07, 6.45) is 52.8. The fourth-order valence-corrected chi connectivity index (χ4v) is 7.63. The molecule has 1 amide bonds. The molecule has 7 heteroatoms. The van der Waals surface area contributed by atoms with Crippen molar-refractivity contribution in [3.63, 3.8) is 0 Å². The predicted molar refractivity (Wildman–Crippen MR) is 230 cm³/mol. The summed E-state index contributed by atoms with van der Waals surface area (Å²) >= 11 is 0. The number of unbranched alkanes of at least 4 members (excludes halogenated alkanes) is 29. The minimum atomic E-state index is -4.36. The van der Waals surface area contributed by atoms with Gasteiger partial charge in [0, 0.05) is 6.42 Å². The van der Waals surface area contributed by atoms with E-state index in [0.717, 1.165) is 38.5 Å². The smallest absolute Gasteiger partial charge is 0.267 e. The van der Waals surface area contributed by atoms with Gasteiger partial charge in [-0.2, -0.15) is 8.42 Å². The monoisotopic (exact) mass is 766 g/mol. The van der Waals surface area contributed by atoms with Gasteiger partial charge in [-0.3, -0.25) is 9.35 Å². The maximum absolute atomic E-state index is 12.5. The van der Waals surface area contributed by atoms with E-state index in [9.17, 15) is 22.9 Å². The van der Waals surface area contributed by atoms with Crippen LogP contribution in [0.15, 0.2) is 36.5 Å². The summed E-state index contributed by atoms with van der Waals surface area (Å²) in [4.78, 5) is 12.5. The minimum absolute atomic E-state index is 0.288. The van der Waals surface area contributed by atoms with Crippen molar-refractivity contribution in [2.45, 2.75) is 244 Å². The quantitative estimate of drug-likeness (QED) is 0.0327. The average molecular weight is 766 g/mol. The second-order valence-corrected chi connectivity index (χ2v) is 17.2. The Bertz CT molecular complexity index is 976. The molecule has 0 fully saturated rings. The molecular formula is C46H87NO5S. The van der Waals surface area contributed by atoms with E-state index in [4.69, 9.17) is 0 Å². The fourth-order valence-electron chi connectivity index (χ4n) is 6.89. The first kappa shape index (κ1) is 51.6. The number of aliphatic hydroxyl groups excluding tert-OH is 1. The maximum Gasteiger partial charge on any atom is 0.267 e. The van der Waals surface area contributed by atoms with Gasteiger partial charge in [0.2, 0.25) is 5.91 Å². The molecule has 0 aliphatic carbocycles. The van der Waals surface area contributed by atoms with Gasteiger partial charge in [-0.05, 0) is 44.9 Å². The van der Waals surface area contributed by atoms with Crippen molar-refractivity contribution >= 4 is 16.0 Å². The Morgan fingerprint density at radius 3 is 1.19 bits per heavy atom. The van der Waals surface area contributed by atoms with E-state index in [1.807, 2.05) is 6.08 Å². The molecule has 0 aromatic rings. The summed E-state index contributed by atoms with van der Waals surface area (Å²) < 4.78 is 32.6. The third-order valence-electron chi connectivity index (χ3n) is 10.3. The van der Waals surface area contributed by atoms with Gasteiger partial charge in [0.1, 0.15) is 0 Å². The van der Waals surface area contributed by atoms with Crippen molar-refractivity contribution in [3.05, 3.63) is 36.5 Å². The molecule has 2 unspecified atom stereocenters. The van der Waals surface area contributed by atoms with Crippen molar-refractivity contribution in [1.82, 2.24) is 5.32 Å². The van der Waals surface area contributed by atoms with Crippen LogP contribution in [0.5, 0.6) is 0 Å². The number of nitrogens with one attached hydrogen (secondary N) is 1. The van der Waals surface area contributed by atoms with Crippen LogP contribution < -0.4 is 5.32 Å². The highest BCUT2D eigenvalue weighted by atomic mass is 32.2. The highest BCUT2D eigenvalue weighted by Gasteiger charge is 2.24. The number of amides is 1. The normalized spacial score (nSPS) is 13.5. The summed E-state index contributed by atoms with van der Waals surface area (Å²) in [5.74, 6) is -1.00. The van der Waals surface area contributed by atoms with E-state index in [1.54, 1.807) is 0 Å². The van der Waals surface area contributed by atoms with E-state index in [-0.39, 0.29) is 12.3 Å². The Kier molecular flexibility index (Phi) is 39.1.